The molecule has 0 atom stereocenters. The van der Waals surface area contributed by atoms with Crippen LogP contribution in [0.25, 0.3) is 0 Å². The van der Waals surface area contributed by atoms with Gasteiger partial charge in [-0.2, -0.15) is 9.40 Å². The molecule has 108 valence electrons. The molecular formula is C12H22N4O2S. The van der Waals surface area contributed by atoms with Crippen LogP contribution in [0.4, 0.5) is 5.82 Å². The Labute approximate surface area is 114 Å². The maximum absolute atomic E-state index is 12.6. The van der Waals surface area contributed by atoms with Crippen LogP contribution >= 0.6 is 0 Å². The summed E-state index contributed by atoms with van der Waals surface area (Å²) < 4.78 is 28.1. The molecule has 0 amide bonds. The van der Waals surface area contributed by atoms with E-state index in [0.717, 1.165) is 19.3 Å². The van der Waals surface area contributed by atoms with E-state index >= 15 is 0 Å². The van der Waals surface area contributed by atoms with Crippen molar-refractivity contribution < 1.29 is 8.42 Å². The van der Waals surface area contributed by atoms with Crippen LogP contribution in [0.15, 0.2) is 11.1 Å². The zero-order valence-corrected chi connectivity index (χ0v) is 12.6. The molecule has 0 unspecified atom stereocenters. The van der Waals surface area contributed by atoms with E-state index in [-0.39, 0.29) is 16.1 Å². The summed E-state index contributed by atoms with van der Waals surface area (Å²) >= 11 is 0. The van der Waals surface area contributed by atoms with Gasteiger partial charge in [0.2, 0.25) is 10.0 Å². The van der Waals surface area contributed by atoms with Gasteiger partial charge in [0.15, 0.2) is 5.82 Å². The number of aryl methyl sites for hydroxylation is 1. The van der Waals surface area contributed by atoms with Crippen molar-refractivity contribution in [2.24, 2.45) is 12.5 Å². The Morgan fingerprint density at radius 3 is 2.58 bits per heavy atom. The molecule has 1 aliphatic rings. The molecule has 0 aliphatic carbocycles. The van der Waals surface area contributed by atoms with E-state index in [0.29, 0.717) is 13.1 Å². The third-order valence-electron chi connectivity index (χ3n) is 3.74. The Kier molecular flexibility index (Phi) is 3.61. The fraction of sp³-hybridized carbons (Fsp3) is 0.750. The van der Waals surface area contributed by atoms with E-state index in [1.54, 1.807) is 7.05 Å². The zero-order chi connectivity index (χ0) is 14.3. The van der Waals surface area contributed by atoms with Crippen molar-refractivity contribution in [3.63, 3.8) is 0 Å². The summed E-state index contributed by atoms with van der Waals surface area (Å²) in [6.45, 7) is 5.47. The van der Waals surface area contributed by atoms with Crippen LogP contribution in [0, 0.1) is 5.41 Å². The van der Waals surface area contributed by atoms with Crippen LogP contribution in [0.5, 0.6) is 0 Å². The lowest BCUT2D eigenvalue weighted by atomic mass is 9.85. The number of nitrogen functional groups attached to an aromatic ring is 1. The molecule has 1 fully saturated rings. The second kappa shape index (κ2) is 4.79. The van der Waals surface area contributed by atoms with Gasteiger partial charge in [-0.15, -0.1) is 0 Å². The molecule has 0 saturated carbocycles. The van der Waals surface area contributed by atoms with Gasteiger partial charge in [-0.25, -0.2) is 8.42 Å². The minimum absolute atomic E-state index is 0.0750. The van der Waals surface area contributed by atoms with Crippen LogP contribution < -0.4 is 5.73 Å². The third kappa shape index (κ3) is 2.92. The number of nitrogens with two attached hydrogens (primary N) is 1. The minimum Gasteiger partial charge on any atom is -0.381 e. The molecule has 19 heavy (non-hydrogen) atoms. The highest BCUT2D eigenvalue weighted by Gasteiger charge is 2.32. The van der Waals surface area contributed by atoms with Crippen molar-refractivity contribution in [2.75, 3.05) is 18.8 Å². The van der Waals surface area contributed by atoms with Crippen LogP contribution in [-0.4, -0.2) is 35.6 Å². The van der Waals surface area contributed by atoms with Gasteiger partial charge in [0, 0.05) is 26.3 Å². The fourth-order valence-corrected chi connectivity index (χ4v) is 4.03. The number of sulfonamides is 1. The summed E-state index contributed by atoms with van der Waals surface area (Å²) in [5.41, 5.74) is 5.89. The smallest absolute Gasteiger partial charge is 0.248 e. The predicted octanol–water partition coefficient (Wildman–Crippen LogP) is 1.20. The second-order valence-electron chi connectivity index (χ2n) is 5.97. The average molecular weight is 286 g/mol. The summed E-state index contributed by atoms with van der Waals surface area (Å²) in [7, 11) is -1.85. The third-order valence-corrected chi connectivity index (χ3v) is 5.65. The molecule has 0 spiro atoms. The highest BCUT2D eigenvalue weighted by Crippen LogP contribution is 2.32. The number of anilines is 1. The molecule has 0 radical (unpaired) electrons. The van der Waals surface area contributed by atoms with Gasteiger partial charge in [0.25, 0.3) is 0 Å². The Hall–Kier alpha value is -1.08. The Morgan fingerprint density at radius 2 is 2.00 bits per heavy atom. The lowest BCUT2D eigenvalue weighted by Crippen LogP contribution is -2.32. The minimum atomic E-state index is -3.52. The SMILES string of the molecule is Cn1cc(S(=O)(=O)N2CCCC(C)(C)CC2)c(N)n1. The van der Waals surface area contributed by atoms with Crippen molar-refractivity contribution in [3.8, 4) is 0 Å². The van der Waals surface area contributed by atoms with Crippen LogP contribution in [0.2, 0.25) is 0 Å². The number of hydrogen-bond donors (Lipinski definition) is 1. The maximum Gasteiger partial charge on any atom is 0.248 e. The molecule has 6 nitrogen and oxygen atoms in total. The van der Waals surface area contributed by atoms with Crippen LogP contribution in [0.3, 0.4) is 0 Å². The lowest BCUT2D eigenvalue weighted by molar-refractivity contribution is 0.315. The lowest BCUT2D eigenvalue weighted by Gasteiger charge is -2.22. The molecular weight excluding hydrogens is 264 g/mol. The molecule has 1 aromatic heterocycles. The Balaban J connectivity index is 2.28. The highest BCUT2D eigenvalue weighted by atomic mass is 32.2. The second-order valence-corrected chi connectivity index (χ2v) is 7.88. The number of nitrogens with zero attached hydrogens (tertiary/aromatic N) is 3. The molecule has 2 rings (SSSR count). The van der Waals surface area contributed by atoms with E-state index in [1.165, 1.54) is 15.2 Å². The standard InChI is InChI=1S/C12H22N4O2S/c1-12(2)5-4-7-16(8-6-12)19(17,18)10-9-15(3)14-11(10)13/h9H,4-8H2,1-3H3,(H2,13,14). The van der Waals surface area contributed by atoms with Gasteiger partial charge in [0.1, 0.15) is 4.90 Å². The van der Waals surface area contributed by atoms with Crippen molar-refractivity contribution in [1.29, 1.82) is 0 Å². The normalized spacial score (nSPS) is 21.2. The Morgan fingerprint density at radius 1 is 1.32 bits per heavy atom. The number of aromatic nitrogens is 2. The van der Waals surface area contributed by atoms with Gasteiger partial charge in [-0.05, 0) is 24.7 Å². The van der Waals surface area contributed by atoms with E-state index in [2.05, 4.69) is 18.9 Å². The molecule has 0 aromatic carbocycles. The molecule has 2 heterocycles. The van der Waals surface area contributed by atoms with Gasteiger partial charge in [-0.1, -0.05) is 13.8 Å². The highest BCUT2D eigenvalue weighted by molar-refractivity contribution is 7.89. The Bertz CT molecular complexity index is 562. The fourth-order valence-electron chi connectivity index (χ4n) is 2.46. The largest absolute Gasteiger partial charge is 0.381 e. The molecule has 7 heteroatoms. The van der Waals surface area contributed by atoms with Gasteiger partial charge < -0.3 is 5.73 Å². The molecule has 2 N–H and O–H groups in total. The van der Waals surface area contributed by atoms with Crippen molar-refractivity contribution in [2.45, 2.75) is 38.0 Å². The van der Waals surface area contributed by atoms with E-state index in [1.807, 2.05) is 0 Å². The average Bonchev–Trinajstić information content (AvgIpc) is 2.52. The first-order valence-electron chi connectivity index (χ1n) is 6.52. The summed E-state index contributed by atoms with van der Waals surface area (Å²) in [5, 5.41) is 3.91. The summed E-state index contributed by atoms with van der Waals surface area (Å²) in [4.78, 5) is 0.120. The van der Waals surface area contributed by atoms with Gasteiger partial charge >= 0.3 is 0 Å². The molecule has 0 bridgehead atoms. The summed E-state index contributed by atoms with van der Waals surface area (Å²) in [6, 6.07) is 0. The van der Waals surface area contributed by atoms with E-state index in [9.17, 15) is 8.42 Å². The van der Waals surface area contributed by atoms with Gasteiger partial charge in [0.05, 0.1) is 0 Å². The monoisotopic (exact) mass is 286 g/mol. The van der Waals surface area contributed by atoms with Crippen LogP contribution in [0.1, 0.15) is 33.1 Å². The van der Waals surface area contributed by atoms with Gasteiger partial charge in [-0.3, -0.25) is 4.68 Å². The molecule has 1 aromatic rings. The van der Waals surface area contributed by atoms with Crippen molar-refractivity contribution in [3.05, 3.63) is 6.20 Å². The van der Waals surface area contributed by atoms with Crippen LogP contribution in [-0.2, 0) is 17.1 Å². The summed E-state index contributed by atoms with van der Waals surface area (Å²) in [6.07, 6.45) is 4.26. The zero-order valence-electron chi connectivity index (χ0n) is 11.8. The number of hydrogen-bond acceptors (Lipinski definition) is 4. The van der Waals surface area contributed by atoms with E-state index in [4.69, 9.17) is 5.73 Å². The first-order valence-corrected chi connectivity index (χ1v) is 7.96. The van der Waals surface area contributed by atoms with Crippen molar-refractivity contribution >= 4 is 15.8 Å². The maximum atomic E-state index is 12.6. The van der Waals surface area contributed by atoms with E-state index < -0.39 is 10.0 Å². The predicted molar refractivity (Wildman–Crippen MR) is 74.0 cm³/mol. The first-order chi connectivity index (χ1) is 8.72. The quantitative estimate of drug-likeness (QED) is 0.886. The first kappa shape index (κ1) is 14.3. The molecule has 1 aliphatic heterocycles. The van der Waals surface area contributed by atoms with Crippen molar-refractivity contribution in [1.82, 2.24) is 14.1 Å². The topological polar surface area (TPSA) is 81.2 Å². The number of rotatable bonds is 2. The summed E-state index contributed by atoms with van der Waals surface area (Å²) in [5.74, 6) is 0.0750. The molecule has 1 saturated heterocycles.